The Morgan fingerprint density at radius 2 is 1.92 bits per heavy atom. The summed E-state index contributed by atoms with van der Waals surface area (Å²) in [6.45, 7) is 3.89. The van der Waals surface area contributed by atoms with Gasteiger partial charge in [0.05, 0.1) is 11.0 Å². The van der Waals surface area contributed by atoms with Crippen LogP contribution in [-0.2, 0) is 4.79 Å². The Bertz CT molecular complexity index is 873. The largest absolute Gasteiger partial charge is 0.339 e. The van der Waals surface area contributed by atoms with Gasteiger partial charge in [-0.1, -0.05) is 38.5 Å². The number of anilines is 1. The quantitative estimate of drug-likeness (QED) is 0.636. The number of aromatic nitrogens is 3. The van der Waals surface area contributed by atoms with E-state index in [4.69, 9.17) is 0 Å². The summed E-state index contributed by atoms with van der Waals surface area (Å²) >= 11 is 0. The van der Waals surface area contributed by atoms with Gasteiger partial charge in [0.1, 0.15) is 11.7 Å². The van der Waals surface area contributed by atoms with Crippen LogP contribution in [0.1, 0.15) is 30.8 Å². The van der Waals surface area contributed by atoms with Crippen molar-refractivity contribution in [3.8, 4) is 0 Å². The van der Waals surface area contributed by atoms with Gasteiger partial charge in [0, 0.05) is 6.20 Å². The van der Waals surface area contributed by atoms with E-state index in [1.54, 1.807) is 24.4 Å². The van der Waals surface area contributed by atoms with E-state index < -0.39 is 6.04 Å². The fourth-order valence-electron chi connectivity index (χ4n) is 2.62. The SMILES string of the molecule is CC[C@@H](C)[C@H](NC(=O)c1ccccn1)C(=O)Nc1nc2ccccc2[nH]1. The monoisotopic (exact) mass is 351 g/mol. The number of benzene rings is 1. The van der Waals surface area contributed by atoms with Crippen LogP contribution in [0, 0.1) is 5.92 Å². The molecule has 3 rings (SSSR count). The Labute approximate surface area is 151 Å². The van der Waals surface area contributed by atoms with Gasteiger partial charge < -0.3 is 10.3 Å². The third-order valence-corrected chi connectivity index (χ3v) is 4.31. The highest BCUT2D eigenvalue weighted by Crippen LogP contribution is 2.15. The Balaban J connectivity index is 1.76. The van der Waals surface area contributed by atoms with Crippen LogP contribution in [0.5, 0.6) is 0 Å². The molecule has 0 aliphatic heterocycles. The van der Waals surface area contributed by atoms with Crippen LogP contribution < -0.4 is 10.6 Å². The minimum absolute atomic E-state index is 0.0490. The van der Waals surface area contributed by atoms with Gasteiger partial charge in [0.15, 0.2) is 0 Å². The molecule has 1 aromatic carbocycles. The summed E-state index contributed by atoms with van der Waals surface area (Å²) in [7, 11) is 0. The van der Waals surface area contributed by atoms with Gasteiger partial charge in [-0.3, -0.25) is 19.9 Å². The molecule has 3 aromatic rings. The first-order valence-corrected chi connectivity index (χ1v) is 8.56. The van der Waals surface area contributed by atoms with Crippen LogP contribution in [0.2, 0.25) is 0 Å². The second-order valence-corrected chi connectivity index (χ2v) is 6.14. The van der Waals surface area contributed by atoms with Crippen LogP contribution >= 0.6 is 0 Å². The van der Waals surface area contributed by atoms with Crippen molar-refractivity contribution in [2.24, 2.45) is 5.92 Å². The van der Waals surface area contributed by atoms with Gasteiger partial charge in [0.2, 0.25) is 11.9 Å². The lowest BCUT2D eigenvalue weighted by atomic mass is 9.98. The number of rotatable bonds is 6. The molecule has 7 heteroatoms. The highest BCUT2D eigenvalue weighted by molar-refractivity contribution is 6.00. The van der Waals surface area contributed by atoms with E-state index in [0.29, 0.717) is 5.95 Å². The molecule has 2 heterocycles. The molecule has 7 nitrogen and oxygen atoms in total. The van der Waals surface area contributed by atoms with Crippen LogP contribution in [0.3, 0.4) is 0 Å². The number of amides is 2. The zero-order chi connectivity index (χ0) is 18.5. The molecule has 134 valence electrons. The van der Waals surface area contributed by atoms with Crippen LogP contribution in [0.4, 0.5) is 5.95 Å². The van der Waals surface area contributed by atoms with E-state index >= 15 is 0 Å². The second kappa shape index (κ2) is 7.77. The fourth-order valence-corrected chi connectivity index (χ4v) is 2.62. The van der Waals surface area contributed by atoms with Gasteiger partial charge in [0.25, 0.3) is 5.91 Å². The first-order valence-electron chi connectivity index (χ1n) is 8.56. The predicted octanol–water partition coefficient (Wildman–Crippen LogP) is 2.74. The van der Waals surface area contributed by atoms with Gasteiger partial charge in [-0.2, -0.15) is 0 Å². The Kier molecular flexibility index (Phi) is 5.26. The molecule has 2 amide bonds. The molecule has 2 aromatic heterocycles. The van der Waals surface area contributed by atoms with Gasteiger partial charge in [-0.15, -0.1) is 0 Å². The fraction of sp³-hybridized carbons (Fsp3) is 0.263. The van der Waals surface area contributed by atoms with Crippen molar-refractivity contribution in [1.29, 1.82) is 0 Å². The lowest BCUT2D eigenvalue weighted by Gasteiger charge is -2.22. The second-order valence-electron chi connectivity index (χ2n) is 6.14. The zero-order valence-electron chi connectivity index (χ0n) is 14.7. The molecular weight excluding hydrogens is 330 g/mol. The Morgan fingerprint density at radius 3 is 2.62 bits per heavy atom. The van der Waals surface area contributed by atoms with Crippen LogP contribution in [0.25, 0.3) is 11.0 Å². The van der Waals surface area contributed by atoms with Crippen LogP contribution in [0.15, 0.2) is 48.7 Å². The highest BCUT2D eigenvalue weighted by Gasteiger charge is 2.27. The van der Waals surface area contributed by atoms with Crippen molar-refractivity contribution in [1.82, 2.24) is 20.3 Å². The van der Waals surface area contributed by atoms with E-state index in [9.17, 15) is 9.59 Å². The number of pyridine rings is 1. The van der Waals surface area contributed by atoms with Crippen molar-refractivity contribution in [3.63, 3.8) is 0 Å². The highest BCUT2D eigenvalue weighted by atomic mass is 16.2. The number of carbonyl (C=O) groups is 2. The number of para-hydroxylation sites is 2. The summed E-state index contributed by atoms with van der Waals surface area (Å²) in [6.07, 6.45) is 2.28. The lowest BCUT2D eigenvalue weighted by Crippen LogP contribution is -2.48. The molecular formula is C19H21N5O2. The molecule has 0 spiro atoms. The number of nitrogens with zero attached hydrogens (tertiary/aromatic N) is 2. The molecule has 2 atom stereocenters. The van der Waals surface area contributed by atoms with Crippen molar-refractivity contribution in [2.45, 2.75) is 26.3 Å². The summed E-state index contributed by atoms with van der Waals surface area (Å²) in [5.41, 5.74) is 1.87. The van der Waals surface area contributed by atoms with E-state index in [-0.39, 0.29) is 23.4 Å². The first-order chi connectivity index (χ1) is 12.6. The first kappa shape index (κ1) is 17.6. The molecule has 26 heavy (non-hydrogen) atoms. The number of H-pyrrole nitrogens is 1. The van der Waals surface area contributed by atoms with Gasteiger partial charge in [-0.05, 0) is 30.2 Å². The summed E-state index contributed by atoms with van der Waals surface area (Å²) < 4.78 is 0. The van der Waals surface area contributed by atoms with Crippen molar-refractivity contribution in [3.05, 3.63) is 54.4 Å². The Morgan fingerprint density at radius 1 is 1.15 bits per heavy atom. The molecule has 0 fully saturated rings. The van der Waals surface area contributed by atoms with Crippen molar-refractivity contribution in [2.75, 3.05) is 5.32 Å². The molecule has 0 radical (unpaired) electrons. The predicted molar refractivity (Wildman–Crippen MR) is 99.7 cm³/mol. The average Bonchev–Trinajstić information content (AvgIpc) is 3.08. The maximum Gasteiger partial charge on any atom is 0.270 e. The lowest BCUT2D eigenvalue weighted by molar-refractivity contribution is -0.119. The molecule has 0 aliphatic rings. The number of carbonyl (C=O) groups excluding carboxylic acids is 2. The van der Waals surface area contributed by atoms with Crippen molar-refractivity contribution < 1.29 is 9.59 Å². The van der Waals surface area contributed by atoms with E-state index in [1.807, 2.05) is 38.1 Å². The number of hydrogen-bond acceptors (Lipinski definition) is 4. The van der Waals surface area contributed by atoms with E-state index in [1.165, 1.54) is 0 Å². The van der Waals surface area contributed by atoms with Crippen LogP contribution in [-0.4, -0.2) is 32.8 Å². The normalized spacial score (nSPS) is 13.2. The molecule has 0 aliphatic carbocycles. The average molecular weight is 351 g/mol. The van der Waals surface area contributed by atoms with Gasteiger partial charge in [-0.25, -0.2) is 4.98 Å². The van der Waals surface area contributed by atoms with Crippen molar-refractivity contribution >= 4 is 28.8 Å². The number of hydrogen-bond donors (Lipinski definition) is 3. The molecule has 0 saturated heterocycles. The summed E-state index contributed by atoms with van der Waals surface area (Å²) in [5, 5.41) is 5.55. The van der Waals surface area contributed by atoms with E-state index in [0.717, 1.165) is 17.5 Å². The minimum atomic E-state index is -0.692. The minimum Gasteiger partial charge on any atom is -0.339 e. The Hall–Kier alpha value is -3.22. The molecule has 0 saturated carbocycles. The third-order valence-electron chi connectivity index (χ3n) is 4.31. The maximum absolute atomic E-state index is 12.8. The number of aromatic amines is 1. The molecule has 0 unspecified atom stereocenters. The third kappa shape index (κ3) is 3.88. The molecule has 3 N–H and O–H groups in total. The summed E-state index contributed by atoms with van der Waals surface area (Å²) in [6, 6.07) is 11.9. The standard InChI is InChI=1S/C19H21N5O2/c1-3-12(2)16(23-17(25)15-10-6-7-11-20-15)18(26)24-19-21-13-8-4-5-9-14(13)22-19/h4-12,16H,3H2,1-2H3,(H,23,25)(H2,21,22,24,26)/t12-,16+/m1/s1. The summed E-state index contributed by atoms with van der Waals surface area (Å²) in [5.74, 6) is -0.387. The smallest absolute Gasteiger partial charge is 0.270 e. The zero-order valence-corrected chi connectivity index (χ0v) is 14.7. The number of imidazole rings is 1. The topological polar surface area (TPSA) is 99.8 Å². The van der Waals surface area contributed by atoms with Gasteiger partial charge >= 0.3 is 0 Å². The maximum atomic E-state index is 12.8. The summed E-state index contributed by atoms with van der Waals surface area (Å²) in [4.78, 5) is 36.6. The van der Waals surface area contributed by atoms with E-state index in [2.05, 4.69) is 25.6 Å². The number of fused-ring (bicyclic) bond motifs is 1. The number of nitrogens with one attached hydrogen (secondary N) is 3. The molecule has 0 bridgehead atoms.